The first kappa shape index (κ1) is 22.0. The van der Waals surface area contributed by atoms with Gasteiger partial charge in [-0.25, -0.2) is 9.97 Å². The smallest absolute Gasteiger partial charge is 0.339 e. The molecule has 34 heavy (non-hydrogen) atoms. The maximum Gasteiger partial charge on any atom is 0.339 e. The van der Waals surface area contributed by atoms with Crippen LogP contribution in [0.1, 0.15) is 19.3 Å². The summed E-state index contributed by atoms with van der Waals surface area (Å²) < 4.78 is 32.8. The summed E-state index contributed by atoms with van der Waals surface area (Å²) in [6.07, 6.45) is 8.12. The van der Waals surface area contributed by atoms with Crippen LogP contribution in [0.25, 0.3) is 11.0 Å². The summed E-state index contributed by atoms with van der Waals surface area (Å²) in [5.41, 5.74) is 1.98. The summed E-state index contributed by atoms with van der Waals surface area (Å²) in [5, 5.41) is 6.01. The van der Waals surface area contributed by atoms with Crippen molar-refractivity contribution >= 4 is 38.7 Å². The molecule has 5 rings (SSSR count). The summed E-state index contributed by atoms with van der Waals surface area (Å²) in [5.74, 6) is 0.469. The third-order valence-electron chi connectivity index (χ3n) is 5.47. The van der Waals surface area contributed by atoms with E-state index in [0.717, 1.165) is 38.0 Å². The lowest BCUT2D eigenvalue weighted by Crippen LogP contribution is -2.14. The Morgan fingerprint density at radius 1 is 1.18 bits per heavy atom. The van der Waals surface area contributed by atoms with Crippen molar-refractivity contribution in [3.8, 4) is 5.75 Å². The molecule has 0 bridgehead atoms. The van der Waals surface area contributed by atoms with Crippen LogP contribution in [-0.4, -0.2) is 40.4 Å². The lowest BCUT2D eigenvalue weighted by atomic mass is 10.3. The normalized spacial score (nSPS) is 13.6. The number of benzene rings is 2. The van der Waals surface area contributed by atoms with Crippen molar-refractivity contribution in [3.63, 3.8) is 0 Å². The second kappa shape index (κ2) is 9.18. The van der Waals surface area contributed by atoms with Crippen LogP contribution in [0.3, 0.4) is 0 Å². The van der Waals surface area contributed by atoms with Gasteiger partial charge in [-0.1, -0.05) is 0 Å². The van der Waals surface area contributed by atoms with E-state index in [9.17, 15) is 13.2 Å². The molecule has 4 aromatic rings. The Morgan fingerprint density at radius 3 is 2.74 bits per heavy atom. The largest absolute Gasteiger partial charge is 0.385 e. The minimum absolute atomic E-state index is 0.0518. The maximum absolute atomic E-state index is 12.7. The third-order valence-corrected chi connectivity index (χ3v) is 6.74. The van der Waals surface area contributed by atoms with Gasteiger partial charge in [-0.05, 0) is 55.7 Å². The number of aromatic nitrogens is 4. The van der Waals surface area contributed by atoms with Crippen molar-refractivity contribution in [2.24, 2.45) is 5.92 Å². The zero-order chi connectivity index (χ0) is 23.5. The minimum atomic E-state index is -4.01. The number of aryl methyl sites for hydroxylation is 1. The van der Waals surface area contributed by atoms with Crippen LogP contribution in [0.4, 0.5) is 11.6 Å². The number of anilines is 2. The standard InChI is InChI=1S/C23H24N6O4S/c30-22(16-2-3-16)28-23-26-20-9-6-18(14-21(20)27-23)33-34(31,32)19-7-4-17(5-8-19)25-10-1-12-29-13-11-24-15-29/h4-9,11,13-16,25H,1-3,10,12H2,(H2,26,27,28,30). The number of carbonyl (C=O) groups excluding carboxylic acids is 1. The Kier molecular flexibility index (Phi) is 5.93. The Hall–Kier alpha value is -3.86. The van der Waals surface area contributed by atoms with E-state index in [-0.39, 0.29) is 22.5 Å². The predicted molar refractivity (Wildman–Crippen MR) is 127 cm³/mol. The fourth-order valence-electron chi connectivity index (χ4n) is 3.49. The summed E-state index contributed by atoms with van der Waals surface area (Å²) in [7, 11) is -4.01. The number of nitrogens with one attached hydrogen (secondary N) is 3. The Balaban J connectivity index is 1.19. The summed E-state index contributed by atoms with van der Waals surface area (Å²) in [4.78, 5) is 23.3. The molecule has 1 saturated carbocycles. The molecule has 1 amide bonds. The molecule has 0 atom stereocenters. The molecule has 0 aliphatic heterocycles. The van der Waals surface area contributed by atoms with Gasteiger partial charge in [0, 0.05) is 43.2 Å². The van der Waals surface area contributed by atoms with Gasteiger partial charge in [-0.2, -0.15) is 8.42 Å². The van der Waals surface area contributed by atoms with E-state index < -0.39 is 10.1 Å². The topological polar surface area (TPSA) is 131 Å². The second-order valence-electron chi connectivity index (χ2n) is 8.17. The van der Waals surface area contributed by atoms with Gasteiger partial charge in [0.05, 0.1) is 17.4 Å². The highest BCUT2D eigenvalue weighted by Crippen LogP contribution is 2.30. The molecule has 10 nitrogen and oxygen atoms in total. The fourth-order valence-corrected chi connectivity index (χ4v) is 4.41. The molecule has 2 aromatic carbocycles. The van der Waals surface area contributed by atoms with Crippen LogP contribution in [0.15, 0.2) is 66.1 Å². The fraction of sp³-hybridized carbons (Fsp3) is 0.261. The molecule has 11 heteroatoms. The molecule has 0 radical (unpaired) electrons. The quantitative estimate of drug-likeness (QED) is 0.234. The van der Waals surface area contributed by atoms with Crippen LogP contribution in [-0.2, 0) is 21.5 Å². The van der Waals surface area contributed by atoms with Crippen molar-refractivity contribution in [3.05, 3.63) is 61.2 Å². The summed E-state index contributed by atoms with van der Waals surface area (Å²) in [6, 6.07) is 11.2. The van der Waals surface area contributed by atoms with E-state index in [0.29, 0.717) is 17.0 Å². The molecule has 176 valence electrons. The predicted octanol–water partition coefficient (Wildman–Crippen LogP) is 3.38. The SMILES string of the molecule is O=C(Nc1nc2cc(OS(=O)(=O)c3ccc(NCCCn4ccnc4)cc3)ccc2[nH]1)C1CC1. The minimum Gasteiger partial charge on any atom is -0.385 e. The van der Waals surface area contributed by atoms with Crippen LogP contribution in [0.2, 0.25) is 0 Å². The number of carbonyl (C=O) groups is 1. The number of imidazole rings is 2. The molecule has 0 unspecified atom stereocenters. The average Bonchev–Trinajstić information content (AvgIpc) is 3.40. The monoisotopic (exact) mass is 480 g/mol. The number of hydrogen-bond acceptors (Lipinski definition) is 7. The lowest BCUT2D eigenvalue weighted by Gasteiger charge is -2.09. The van der Waals surface area contributed by atoms with Crippen LogP contribution >= 0.6 is 0 Å². The van der Waals surface area contributed by atoms with E-state index in [1.165, 1.54) is 18.2 Å². The number of rotatable bonds is 10. The van der Waals surface area contributed by atoms with Crippen LogP contribution < -0.4 is 14.8 Å². The number of hydrogen-bond donors (Lipinski definition) is 3. The van der Waals surface area contributed by atoms with Gasteiger partial charge >= 0.3 is 10.1 Å². The Bertz CT molecular complexity index is 1390. The van der Waals surface area contributed by atoms with Gasteiger partial charge in [-0.3, -0.25) is 10.1 Å². The Morgan fingerprint density at radius 2 is 2.00 bits per heavy atom. The first-order valence-corrected chi connectivity index (χ1v) is 12.4. The lowest BCUT2D eigenvalue weighted by molar-refractivity contribution is -0.117. The zero-order valence-electron chi connectivity index (χ0n) is 18.3. The number of aromatic amines is 1. The van der Waals surface area contributed by atoms with Gasteiger partial charge in [-0.15, -0.1) is 0 Å². The molecule has 1 aliphatic carbocycles. The first-order valence-electron chi connectivity index (χ1n) is 11.0. The van der Waals surface area contributed by atoms with Crippen molar-refractivity contribution in [2.75, 3.05) is 17.2 Å². The van der Waals surface area contributed by atoms with Crippen LogP contribution in [0.5, 0.6) is 5.75 Å². The number of nitrogens with zero attached hydrogens (tertiary/aromatic N) is 3. The number of fused-ring (bicyclic) bond motifs is 1. The van der Waals surface area contributed by atoms with Gasteiger partial charge in [0.15, 0.2) is 0 Å². The average molecular weight is 481 g/mol. The molecule has 1 fully saturated rings. The third kappa shape index (κ3) is 5.20. The number of H-pyrrole nitrogens is 1. The molecular formula is C23H24N6O4S. The van der Waals surface area contributed by atoms with Crippen molar-refractivity contribution in [1.82, 2.24) is 19.5 Å². The molecule has 2 aromatic heterocycles. The van der Waals surface area contributed by atoms with E-state index in [4.69, 9.17) is 4.18 Å². The Labute approximate surface area is 196 Å². The maximum atomic E-state index is 12.7. The zero-order valence-corrected chi connectivity index (χ0v) is 19.1. The highest BCUT2D eigenvalue weighted by Gasteiger charge is 2.30. The molecule has 1 aliphatic rings. The molecule has 3 N–H and O–H groups in total. The number of amides is 1. The molecular weight excluding hydrogens is 456 g/mol. The first-order chi connectivity index (χ1) is 16.5. The van der Waals surface area contributed by atoms with Crippen LogP contribution in [0, 0.1) is 5.92 Å². The van der Waals surface area contributed by atoms with Gasteiger partial charge in [0.25, 0.3) is 0 Å². The van der Waals surface area contributed by atoms with Crippen molar-refractivity contribution in [1.29, 1.82) is 0 Å². The highest BCUT2D eigenvalue weighted by atomic mass is 32.2. The molecule has 2 heterocycles. The highest BCUT2D eigenvalue weighted by molar-refractivity contribution is 7.87. The van der Waals surface area contributed by atoms with Gasteiger partial charge in [0.2, 0.25) is 11.9 Å². The van der Waals surface area contributed by atoms with Gasteiger partial charge < -0.3 is 19.1 Å². The molecule has 0 spiro atoms. The molecule has 0 saturated heterocycles. The van der Waals surface area contributed by atoms with Crippen molar-refractivity contribution < 1.29 is 17.4 Å². The van der Waals surface area contributed by atoms with E-state index in [1.807, 2.05) is 10.8 Å². The van der Waals surface area contributed by atoms with E-state index >= 15 is 0 Å². The van der Waals surface area contributed by atoms with Crippen molar-refractivity contribution in [2.45, 2.75) is 30.7 Å². The second-order valence-corrected chi connectivity index (χ2v) is 9.72. The van der Waals surface area contributed by atoms with E-state index in [2.05, 4.69) is 25.6 Å². The summed E-state index contributed by atoms with van der Waals surface area (Å²) >= 11 is 0. The summed E-state index contributed by atoms with van der Waals surface area (Å²) in [6.45, 7) is 1.59. The van der Waals surface area contributed by atoms with Gasteiger partial charge in [0.1, 0.15) is 10.6 Å². The van der Waals surface area contributed by atoms with E-state index in [1.54, 1.807) is 36.8 Å².